The first-order chi connectivity index (χ1) is 14.5. The summed E-state index contributed by atoms with van der Waals surface area (Å²) in [5.74, 6) is 0.399. The molecular weight excluding hydrogens is 374 g/mol. The molecule has 30 heavy (non-hydrogen) atoms. The van der Waals surface area contributed by atoms with Crippen molar-refractivity contribution in [1.82, 2.24) is 10.2 Å². The molecular formula is C25H31N3O2. The van der Waals surface area contributed by atoms with Gasteiger partial charge in [-0.2, -0.15) is 0 Å². The number of nitrogens with one attached hydrogen (secondary N) is 2. The van der Waals surface area contributed by atoms with Gasteiger partial charge in [0.1, 0.15) is 0 Å². The Morgan fingerprint density at radius 2 is 2.03 bits per heavy atom. The number of carbonyl (C=O) groups excluding carboxylic acids is 1. The van der Waals surface area contributed by atoms with Gasteiger partial charge in [-0.1, -0.05) is 38.1 Å². The van der Waals surface area contributed by atoms with Crippen LogP contribution in [0, 0.1) is 5.92 Å². The largest absolute Gasteiger partial charge is 0.395 e. The van der Waals surface area contributed by atoms with E-state index in [2.05, 4.69) is 59.7 Å². The molecule has 5 rings (SSSR count). The topological polar surface area (TPSA) is 64.6 Å². The first-order valence-corrected chi connectivity index (χ1v) is 11.1. The first kappa shape index (κ1) is 19.6. The molecule has 2 aromatic rings. The van der Waals surface area contributed by atoms with Crippen molar-refractivity contribution in [2.24, 2.45) is 5.92 Å². The van der Waals surface area contributed by atoms with Gasteiger partial charge < -0.3 is 15.7 Å². The minimum Gasteiger partial charge on any atom is -0.395 e. The van der Waals surface area contributed by atoms with Crippen LogP contribution in [0.3, 0.4) is 0 Å². The van der Waals surface area contributed by atoms with E-state index in [0.717, 1.165) is 31.6 Å². The summed E-state index contributed by atoms with van der Waals surface area (Å²) in [6.07, 6.45) is 2.25. The van der Waals surface area contributed by atoms with Crippen LogP contribution in [0.5, 0.6) is 0 Å². The third-order valence-electron chi connectivity index (χ3n) is 7.59. The molecule has 5 nitrogen and oxygen atoms in total. The van der Waals surface area contributed by atoms with E-state index in [1.165, 1.54) is 16.7 Å². The molecule has 0 aliphatic carbocycles. The molecule has 3 aliphatic heterocycles. The number of piperidine rings is 1. The van der Waals surface area contributed by atoms with Gasteiger partial charge in [0.15, 0.2) is 0 Å². The van der Waals surface area contributed by atoms with Crippen LogP contribution in [0.25, 0.3) is 0 Å². The van der Waals surface area contributed by atoms with E-state index in [1.807, 2.05) is 12.1 Å². The van der Waals surface area contributed by atoms with Crippen LogP contribution in [-0.2, 0) is 18.4 Å². The van der Waals surface area contributed by atoms with E-state index >= 15 is 0 Å². The molecule has 3 N–H and O–H groups in total. The van der Waals surface area contributed by atoms with Crippen molar-refractivity contribution >= 4 is 11.6 Å². The number of hydrogen-bond donors (Lipinski definition) is 3. The van der Waals surface area contributed by atoms with Gasteiger partial charge in [-0.3, -0.25) is 9.69 Å². The van der Waals surface area contributed by atoms with Crippen molar-refractivity contribution in [3.63, 3.8) is 0 Å². The third kappa shape index (κ3) is 3.12. The lowest BCUT2D eigenvalue weighted by Gasteiger charge is -2.56. The number of amides is 1. The van der Waals surface area contributed by atoms with Crippen LogP contribution in [0.1, 0.15) is 47.3 Å². The highest BCUT2D eigenvalue weighted by Crippen LogP contribution is 2.49. The Bertz CT molecular complexity index is 971. The smallest absolute Gasteiger partial charge is 0.251 e. The van der Waals surface area contributed by atoms with E-state index in [4.69, 9.17) is 5.11 Å². The highest BCUT2D eigenvalue weighted by molar-refractivity contribution is 5.95. The Morgan fingerprint density at radius 3 is 2.83 bits per heavy atom. The lowest BCUT2D eigenvalue weighted by atomic mass is 9.62. The molecule has 0 bridgehead atoms. The van der Waals surface area contributed by atoms with Gasteiger partial charge in [-0.25, -0.2) is 0 Å². The summed E-state index contributed by atoms with van der Waals surface area (Å²) in [4.78, 5) is 15.1. The fourth-order valence-corrected chi connectivity index (χ4v) is 5.95. The summed E-state index contributed by atoms with van der Waals surface area (Å²) in [5.41, 5.74) is 5.99. The van der Waals surface area contributed by atoms with Crippen molar-refractivity contribution in [3.05, 3.63) is 64.7 Å². The van der Waals surface area contributed by atoms with Gasteiger partial charge in [-0.05, 0) is 65.6 Å². The molecule has 1 saturated heterocycles. The van der Waals surface area contributed by atoms with Crippen molar-refractivity contribution in [2.75, 3.05) is 25.0 Å². The number of anilines is 1. The molecule has 0 saturated carbocycles. The molecule has 2 aromatic carbocycles. The standard InChI is InChI=1S/C25H31N3O2/c1-25(2)19-9-11-28-15-18-6-4-3-5-16(18)14-22(28)23(19)27-21-8-7-17(13-20(21)25)24(30)26-10-12-29/h3-8,13,19,22-23,27,29H,9-12,14-15H2,1-2H3,(H,26,30)/t19-,22-,23+/m0/s1. The molecule has 3 atom stereocenters. The molecule has 158 valence electrons. The molecule has 3 aliphatic rings. The molecule has 1 fully saturated rings. The van der Waals surface area contributed by atoms with Crippen molar-refractivity contribution in [3.8, 4) is 0 Å². The van der Waals surface area contributed by atoms with Crippen LogP contribution < -0.4 is 10.6 Å². The van der Waals surface area contributed by atoms with Crippen LogP contribution in [0.4, 0.5) is 5.69 Å². The van der Waals surface area contributed by atoms with Crippen LogP contribution in [0.15, 0.2) is 42.5 Å². The van der Waals surface area contributed by atoms with E-state index in [-0.39, 0.29) is 24.5 Å². The third-order valence-corrected chi connectivity index (χ3v) is 7.59. The zero-order valence-electron chi connectivity index (χ0n) is 17.8. The highest BCUT2D eigenvalue weighted by atomic mass is 16.3. The second-order valence-electron chi connectivity index (χ2n) is 9.54. The van der Waals surface area contributed by atoms with Crippen molar-refractivity contribution in [2.45, 2.75) is 50.7 Å². The number of hydrogen-bond acceptors (Lipinski definition) is 4. The second-order valence-corrected chi connectivity index (χ2v) is 9.54. The summed E-state index contributed by atoms with van der Waals surface area (Å²) < 4.78 is 0. The van der Waals surface area contributed by atoms with Crippen LogP contribution >= 0.6 is 0 Å². The average molecular weight is 406 g/mol. The van der Waals surface area contributed by atoms with Crippen LogP contribution in [0.2, 0.25) is 0 Å². The number of carbonyl (C=O) groups is 1. The first-order valence-electron chi connectivity index (χ1n) is 11.1. The van der Waals surface area contributed by atoms with Crippen molar-refractivity contribution < 1.29 is 9.90 Å². The summed E-state index contributed by atoms with van der Waals surface area (Å²) in [5, 5.41) is 15.6. The molecule has 0 aromatic heterocycles. The molecule has 3 heterocycles. The molecule has 0 spiro atoms. The maximum Gasteiger partial charge on any atom is 0.251 e. The highest BCUT2D eigenvalue weighted by Gasteiger charge is 2.49. The number of aliphatic hydroxyl groups is 1. The lowest BCUT2D eigenvalue weighted by molar-refractivity contribution is 0.0493. The Morgan fingerprint density at radius 1 is 1.23 bits per heavy atom. The molecule has 0 unspecified atom stereocenters. The number of benzene rings is 2. The fraction of sp³-hybridized carbons (Fsp3) is 0.480. The van der Waals surface area contributed by atoms with Gasteiger partial charge in [0.05, 0.1) is 6.61 Å². The Kier molecular flexibility index (Phi) is 4.83. The zero-order chi connectivity index (χ0) is 20.9. The quantitative estimate of drug-likeness (QED) is 0.735. The summed E-state index contributed by atoms with van der Waals surface area (Å²) in [6, 6.07) is 15.8. The fourth-order valence-electron chi connectivity index (χ4n) is 5.95. The SMILES string of the molecule is CC1(C)c2cc(C(=O)NCCO)ccc2N[C@H]2[C@@H]3Cc4ccccc4CN3CC[C@@H]21. The lowest BCUT2D eigenvalue weighted by Crippen LogP contribution is -2.62. The van der Waals surface area contributed by atoms with E-state index < -0.39 is 0 Å². The summed E-state index contributed by atoms with van der Waals surface area (Å²) in [7, 11) is 0. The average Bonchev–Trinajstić information content (AvgIpc) is 2.76. The predicted octanol–water partition coefficient (Wildman–Crippen LogP) is 2.93. The van der Waals surface area contributed by atoms with Crippen LogP contribution in [-0.4, -0.2) is 47.7 Å². The number of rotatable bonds is 3. The second kappa shape index (κ2) is 7.40. The maximum atomic E-state index is 12.4. The van der Waals surface area contributed by atoms with Gasteiger partial charge in [0.25, 0.3) is 5.91 Å². The summed E-state index contributed by atoms with van der Waals surface area (Å²) in [6.45, 7) is 7.08. The minimum atomic E-state index is -0.122. The monoisotopic (exact) mass is 405 g/mol. The number of nitrogens with zero attached hydrogens (tertiary/aromatic N) is 1. The molecule has 5 heteroatoms. The Labute approximate surface area is 178 Å². The van der Waals surface area contributed by atoms with Gasteiger partial charge in [0.2, 0.25) is 0 Å². The maximum absolute atomic E-state index is 12.4. The Hall–Kier alpha value is -2.37. The summed E-state index contributed by atoms with van der Waals surface area (Å²) >= 11 is 0. The number of aliphatic hydroxyl groups excluding tert-OH is 1. The van der Waals surface area contributed by atoms with E-state index in [1.54, 1.807) is 0 Å². The molecule has 0 radical (unpaired) electrons. The van der Waals surface area contributed by atoms with E-state index in [0.29, 0.717) is 23.6 Å². The minimum absolute atomic E-state index is 0.0123. The van der Waals surface area contributed by atoms with E-state index in [9.17, 15) is 4.79 Å². The van der Waals surface area contributed by atoms with Gasteiger partial charge in [-0.15, -0.1) is 0 Å². The van der Waals surface area contributed by atoms with Gasteiger partial charge >= 0.3 is 0 Å². The Balaban J connectivity index is 1.47. The predicted molar refractivity (Wildman–Crippen MR) is 119 cm³/mol. The zero-order valence-corrected chi connectivity index (χ0v) is 17.8. The van der Waals surface area contributed by atoms with Gasteiger partial charge in [0, 0.05) is 36.4 Å². The number of fused-ring (bicyclic) bond motifs is 5. The normalized spacial score (nSPS) is 26.4. The van der Waals surface area contributed by atoms with Crippen molar-refractivity contribution in [1.29, 1.82) is 0 Å². The molecule has 1 amide bonds.